The van der Waals surface area contributed by atoms with Gasteiger partial charge in [-0.15, -0.1) is 12.4 Å². The first-order valence-corrected chi connectivity index (χ1v) is 9.50. The molecule has 0 aliphatic carbocycles. The Bertz CT molecular complexity index is 549. The predicted octanol–water partition coefficient (Wildman–Crippen LogP) is 2.37. The third-order valence-corrected chi connectivity index (χ3v) is 5.65. The van der Waals surface area contributed by atoms with E-state index in [1.54, 1.807) is 7.11 Å². The Morgan fingerprint density at radius 3 is 2.62 bits per heavy atom. The average molecular weight is 382 g/mol. The second-order valence-corrected chi connectivity index (χ2v) is 7.44. The second kappa shape index (κ2) is 10.3. The van der Waals surface area contributed by atoms with Gasteiger partial charge in [-0.25, -0.2) is 0 Å². The van der Waals surface area contributed by atoms with Crippen LogP contribution in [0.25, 0.3) is 0 Å². The van der Waals surface area contributed by atoms with Crippen molar-refractivity contribution in [3.8, 4) is 0 Å². The number of ether oxygens (including phenoxy) is 1. The lowest BCUT2D eigenvalue weighted by Gasteiger charge is -2.37. The number of hydrogen-bond donors (Lipinski definition) is 2. The quantitative estimate of drug-likeness (QED) is 0.794. The molecule has 0 bridgehead atoms. The summed E-state index contributed by atoms with van der Waals surface area (Å²) in [5.41, 5.74) is 1.28. The zero-order valence-corrected chi connectivity index (χ0v) is 16.6. The van der Waals surface area contributed by atoms with Crippen LogP contribution in [0.4, 0.5) is 0 Å². The van der Waals surface area contributed by atoms with Gasteiger partial charge in [0.1, 0.15) is 0 Å². The van der Waals surface area contributed by atoms with Crippen molar-refractivity contribution in [3.63, 3.8) is 0 Å². The minimum atomic E-state index is -0.136. The standard InChI is InChI=1S/C20H31N3O2.ClH/c1-15-8-10-23(11-9-15)19(16-6-4-3-5-7-16)14-22-20(24)18-12-17(25-2)13-21-18;/h3-7,15,17-19,21H,8-14H2,1-2H3,(H,22,24);1H/t17-,18+,19?;/m0./s1. The van der Waals surface area contributed by atoms with E-state index in [2.05, 4.69) is 46.7 Å². The van der Waals surface area contributed by atoms with Gasteiger partial charge in [0.05, 0.1) is 18.2 Å². The van der Waals surface area contributed by atoms with Crippen LogP contribution in [0.3, 0.4) is 0 Å². The van der Waals surface area contributed by atoms with Crippen LogP contribution in [0, 0.1) is 5.92 Å². The molecule has 3 atom stereocenters. The van der Waals surface area contributed by atoms with E-state index in [1.165, 1.54) is 18.4 Å². The molecule has 2 aliphatic heterocycles. The summed E-state index contributed by atoms with van der Waals surface area (Å²) in [5, 5.41) is 6.43. The van der Waals surface area contributed by atoms with Crippen LogP contribution in [-0.4, -0.2) is 56.2 Å². The fourth-order valence-electron chi connectivity index (χ4n) is 3.88. The number of nitrogens with one attached hydrogen (secondary N) is 2. The number of methoxy groups -OCH3 is 1. The molecule has 2 aliphatic rings. The third-order valence-electron chi connectivity index (χ3n) is 5.65. The maximum atomic E-state index is 12.5. The van der Waals surface area contributed by atoms with E-state index in [1.807, 2.05) is 6.07 Å². The number of carbonyl (C=O) groups is 1. The second-order valence-electron chi connectivity index (χ2n) is 7.44. The normalized spacial score (nSPS) is 25.5. The van der Waals surface area contributed by atoms with E-state index in [0.717, 1.165) is 32.0 Å². The van der Waals surface area contributed by atoms with Crippen LogP contribution in [-0.2, 0) is 9.53 Å². The van der Waals surface area contributed by atoms with Crippen molar-refractivity contribution in [2.75, 3.05) is 33.3 Å². The van der Waals surface area contributed by atoms with Crippen molar-refractivity contribution in [2.24, 2.45) is 5.92 Å². The first-order valence-electron chi connectivity index (χ1n) is 9.50. The van der Waals surface area contributed by atoms with Gasteiger partial charge in [0.2, 0.25) is 5.91 Å². The molecule has 0 aromatic heterocycles. The number of benzene rings is 1. The average Bonchev–Trinajstić information content (AvgIpc) is 3.13. The molecule has 1 unspecified atom stereocenters. The van der Waals surface area contributed by atoms with Crippen LogP contribution in [0.15, 0.2) is 30.3 Å². The largest absolute Gasteiger partial charge is 0.380 e. The summed E-state index contributed by atoms with van der Waals surface area (Å²) in [6.45, 7) is 5.94. The maximum Gasteiger partial charge on any atom is 0.237 e. The van der Waals surface area contributed by atoms with Crippen LogP contribution in [0.1, 0.15) is 37.8 Å². The van der Waals surface area contributed by atoms with Crippen molar-refractivity contribution in [1.29, 1.82) is 0 Å². The third kappa shape index (κ3) is 5.43. The van der Waals surface area contributed by atoms with E-state index < -0.39 is 0 Å². The number of hydrogen-bond acceptors (Lipinski definition) is 4. The van der Waals surface area contributed by atoms with Crippen molar-refractivity contribution in [2.45, 2.75) is 44.4 Å². The highest BCUT2D eigenvalue weighted by atomic mass is 35.5. The number of amides is 1. The van der Waals surface area contributed by atoms with Crippen LogP contribution in [0.5, 0.6) is 0 Å². The van der Waals surface area contributed by atoms with E-state index >= 15 is 0 Å². The van der Waals surface area contributed by atoms with Crippen LogP contribution >= 0.6 is 12.4 Å². The van der Waals surface area contributed by atoms with E-state index in [-0.39, 0.29) is 36.5 Å². The van der Waals surface area contributed by atoms with Gasteiger partial charge in [0.15, 0.2) is 0 Å². The Morgan fingerprint density at radius 2 is 2.00 bits per heavy atom. The highest BCUT2D eigenvalue weighted by Gasteiger charge is 2.30. The number of piperidine rings is 1. The Hall–Kier alpha value is -1.14. The summed E-state index contributed by atoms with van der Waals surface area (Å²) < 4.78 is 5.34. The summed E-state index contributed by atoms with van der Waals surface area (Å²) in [4.78, 5) is 15.1. The summed E-state index contributed by atoms with van der Waals surface area (Å²) in [6.07, 6.45) is 3.36. The lowest BCUT2D eigenvalue weighted by molar-refractivity contribution is -0.123. The lowest BCUT2D eigenvalue weighted by Crippen LogP contribution is -2.46. The summed E-state index contributed by atoms with van der Waals surface area (Å²) >= 11 is 0. The van der Waals surface area contributed by atoms with Gasteiger partial charge in [-0.05, 0) is 43.8 Å². The minimum Gasteiger partial charge on any atom is -0.380 e. The van der Waals surface area contributed by atoms with Crippen molar-refractivity contribution in [3.05, 3.63) is 35.9 Å². The number of rotatable bonds is 6. The number of halogens is 1. The maximum absolute atomic E-state index is 12.5. The van der Waals surface area contributed by atoms with Crippen molar-refractivity contribution < 1.29 is 9.53 Å². The Balaban J connectivity index is 0.00000243. The number of nitrogens with zero attached hydrogens (tertiary/aromatic N) is 1. The summed E-state index contributed by atoms with van der Waals surface area (Å²) in [6, 6.07) is 10.7. The zero-order chi connectivity index (χ0) is 17.6. The molecule has 5 nitrogen and oxygen atoms in total. The van der Waals surface area contributed by atoms with E-state index in [4.69, 9.17) is 4.74 Å². The van der Waals surface area contributed by atoms with E-state index in [0.29, 0.717) is 6.54 Å². The molecular weight excluding hydrogens is 350 g/mol. The monoisotopic (exact) mass is 381 g/mol. The molecule has 6 heteroatoms. The molecule has 0 spiro atoms. The first kappa shape index (κ1) is 21.2. The first-order chi connectivity index (χ1) is 12.2. The van der Waals surface area contributed by atoms with Gasteiger partial charge >= 0.3 is 0 Å². The SMILES string of the molecule is CO[C@@H]1CN[C@@H](C(=O)NCC(c2ccccc2)N2CCC(C)CC2)C1.Cl. The Labute approximate surface area is 163 Å². The van der Waals surface area contributed by atoms with Gasteiger partial charge in [-0.2, -0.15) is 0 Å². The molecule has 0 saturated carbocycles. The van der Waals surface area contributed by atoms with Crippen molar-refractivity contribution >= 4 is 18.3 Å². The molecule has 1 aromatic carbocycles. The van der Waals surface area contributed by atoms with Gasteiger partial charge in [-0.1, -0.05) is 37.3 Å². The van der Waals surface area contributed by atoms with Crippen molar-refractivity contribution in [1.82, 2.24) is 15.5 Å². The molecule has 2 fully saturated rings. The summed E-state index contributed by atoms with van der Waals surface area (Å²) in [7, 11) is 1.70. The van der Waals surface area contributed by atoms with E-state index in [9.17, 15) is 4.79 Å². The molecule has 146 valence electrons. The topological polar surface area (TPSA) is 53.6 Å². The molecule has 3 rings (SSSR count). The highest BCUT2D eigenvalue weighted by Crippen LogP contribution is 2.26. The molecular formula is C20H32ClN3O2. The molecule has 2 N–H and O–H groups in total. The molecule has 1 amide bonds. The van der Waals surface area contributed by atoms with Gasteiger partial charge in [0.25, 0.3) is 0 Å². The van der Waals surface area contributed by atoms with Gasteiger partial charge < -0.3 is 15.4 Å². The van der Waals surface area contributed by atoms with Crippen LogP contribution in [0.2, 0.25) is 0 Å². The molecule has 2 saturated heterocycles. The van der Waals surface area contributed by atoms with Gasteiger partial charge in [-0.3, -0.25) is 9.69 Å². The van der Waals surface area contributed by atoms with Crippen LogP contribution < -0.4 is 10.6 Å². The van der Waals surface area contributed by atoms with Gasteiger partial charge in [0, 0.05) is 20.2 Å². The minimum absolute atomic E-state index is 0. The number of carbonyl (C=O) groups excluding carboxylic acids is 1. The fourth-order valence-corrected chi connectivity index (χ4v) is 3.88. The fraction of sp³-hybridized carbons (Fsp3) is 0.650. The summed E-state index contributed by atoms with van der Waals surface area (Å²) in [5.74, 6) is 0.891. The molecule has 26 heavy (non-hydrogen) atoms. The molecule has 0 radical (unpaired) electrons. The highest BCUT2D eigenvalue weighted by molar-refractivity contribution is 5.85. The lowest BCUT2D eigenvalue weighted by atomic mass is 9.95. The molecule has 1 aromatic rings. The smallest absolute Gasteiger partial charge is 0.237 e. The number of likely N-dealkylation sites (tertiary alicyclic amines) is 1. The Morgan fingerprint density at radius 1 is 1.31 bits per heavy atom. The zero-order valence-electron chi connectivity index (χ0n) is 15.8. The Kier molecular flexibility index (Phi) is 8.35. The molecule has 2 heterocycles. The predicted molar refractivity (Wildman–Crippen MR) is 107 cm³/mol.